The van der Waals surface area contributed by atoms with Crippen LogP contribution in [-0.2, 0) is 10.0 Å². The maximum atomic E-state index is 12.1. The van der Waals surface area contributed by atoms with Gasteiger partial charge in [-0.1, -0.05) is 12.8 Å². The normalized spacial score (nSPS) is 15.6. The quantitative estimate of drug-likeness (QED) is 0.827. The number of amides is 1. The second-order valence-electron chi connectivity index (χ2n) is 5.60. The molecule has 20 heavy (non-hydrogen) atoms. The van der Waals surface area contributed by atoms with Crippen LogP contribution < -0.4 is 10.5 Å². The van der Waals surface area contributed by atoms with Crippen LogP contribution in [0.25, 0.3) is 0 Å². The molecule has 1 aliphatic carbocycles. The highest BCUT2D eigenvalue weighted by atomic mass is 32.2. The van der Waals surface area contributed by atoms with Gasteiger partial charge in [0.2, 0.25) is 10.0 Å². The zero-order valence-corrected chi connectivity index (χ0v) is 12.6. The van der Waals surface area contributed by atoms with E-state index in [-0.39, 0.29) is 16.8 Å². The van der Waals surface area contributed by atoms with E-state index in [1.807, 2.05) is 13.8 Å². The van der Waals surface area contributed by atoms with Gasteiger partial charge in [0.25, 0.3) is 5.91 Å². The van der Waals surface area contributed by atoms with E-state index in [4.69, 9.17) is 5.14 Å². The summed E-state index contributed by atoms with van der Waals surface area (Å²) >= 11 is 0. The number of hydrogen-bond donors (Lipinski definition) is 2. The first kappa shape index (κ1) is 15.1. The van der Waals surface area contributed by atoms with Crippen LogP contribution in [0.1, 0.15) is 49.6 Å². The van der Waals surface area contributed by atoms with E-state index in [1.54, 1.807) is 4.57 Å². The minimum atomic E-state index is -3.80. The maximum absolute atomic E-state index is 12.1. The molecule has 0 spiro atoms. The molecule has 1 heterocycles. The Morgan fingerprint density at radius 3 is 2.65 bits per heavy atom. The third-order valence-electron chi connectivity index (χ3n) is 3.48. The first-order valence-corrected chi connectivity index (χ1v) is 8.36. The van der Waals surface area contributed by atoms with Crippen LogP contribution in [0.3, 0.4) is 0 Å². The molecular formula is C13H21N3O3S. The summed E-state index contributed by atoms with van der Waals surface area (Å²) in [5, 5.41) is 7.95. The summed E-state index contributed by atoms with van der Waals surface area (Å²) in [5.41, 5.74) is 0.333. The Morgan fingerprint density at radius 2 is 2.15 bits per heavy atom. The number of carbonyl (C=O) groups is 1. The average molecular weight is 299 g/mol. The molecule has 1 aromatic rings. The molecule has 1 saturated carbocycles. The summed E-state index contributed by atoms with van der Waals surface area (Å²) < 4.78 is 24.4. The summed E-state index contributed by atoms with van der Waals surface area (Å²) in [5.74, 6) is 0.487. The molecule has 0 saturated heterocycles. The second-order valence-corrected chi connectivity index (χ2v) is 7.16. The van der Waals surface area contributed by atoms with E-state index in [2.05, 4.69) is 5.32 Å². The van der Waals surface area contributed by atoms with Gasteiger partial charge in [0, 0.05) is 18.8 Å². The number of nitrogens with one attached hydrogen (secondary N) is 1. The lowest BCUT2D eigenvalue weighted by molar-refractivity contribution is 0.0942. The molecule has 0 bridgehead atoms. The van der Waals surface area contributed by atoms with Crippen molar-refractivity contribution < 1.29 is 13.2 Å². The summed E-state index contributed by atoms with van der Waals surface area (Å²) in [6.07, 6.45) is 4.88. The van der Waals surface area contributed by atoms with Crippen molar-refractivity contribution in [3.05, 3.63) is 18.0 Å². The van der Waals surface area contributed by atoms with Crippen molar-refractivity contribution >= 4 is 15.9 Å². The number of primary sulfonamides is 1. The number of rotatable bonds is 6. The zero-order valence-electron chi connectivity index (χ0n) is 11.8. The predicted octanol–water partition coefficient (Wildman–Crippen LogP) is 1.25. The topological polar surface area (TPSA) is 94.2 Å². The zero-order chi connectivity index (χ0) is 14.9. The SMILES string of the molecule is CC(C)n1cc(S(N)(=O)=O)cc1C(=O)NCCC1CC1. The number of hydrogen-bond acceptors (Lipinski definition) is 3. The van der Waals surface area contributed by atoms with Crippen LogP contribution in [0.15, 0.2) is 17.2 Å². The highest BCUT2D eigenvalue weighted by Gasteiger charge is 2.22. The van der Waals surface area contributed by atoms with Crippen molar-refractivity contribution in [3.63, 3.8) is 0 Å². The van der Waals surface area contributed by atoms with Crippen LogP contribution >= 0.6 is 0 Å². The van der Waals surface area contributed by atoms with Crippen molar-refractivity contribution in [2.45, 2.75) is 44.0 Å². The minimum Gasteiger partial charge on any atom is -0.351 e. The number of nitrogens with two attached hydrogens (primary N) is 1. The van der Waals surface area contributed by atoms with Gasteiger partial charge in [-0.2, -0.15) is 0 Å². The Bertz CT molecular complexity index is 600. The van der Waals surface area contributed by atoms with Gasteiger partial charge in [-0.15, -0.1) is 0 Å². The second kappa shape index (κ2) is 5.57. The number of sulfonamides is 1. The average Bonchev–Trinajstić information content (AvgIpc) is 3.02. The van der Waals surface area contributed by atoms with Crippen LogP contribution in [0.2, 0.25) is 0 Å². The fourth-order valence-electron chi connectivity index (χ4n) is 2.11. The summed E-state index contributed by atoms with van der Waals surface area (Å²) in [6, 6.07) is 1.32. The molecule has 112 valence electrons. The molecule has 2 rings (SSSR count). The Balaban J connectivity index is 2.15. The molecule has 0 unspecified atom stereocenters. The van der Waals surface area contributed by atoms with Crippen molar-refractivity contribution in [1.29, 1.82) is 0 Å². The van der Waals surface area contributed by atoms with Crippen molar-refractivity contribution in [3.8, 4) is 0 Å². The monoisotopic (exact) mass is 299 g/mol. The Hall–Kier alpha value is -1.34. The molecule has 1 fully saturated rings. The first-order chi connectivity index (χ1) is 9.29. The third kappa shape index (κ3) is 3.61. The van der Waals surface area contributed by atoms with Crippen LogP contribution in [0.4, 0.5) is 0 Å². The highest BCUT2D eigenvalue weighted by Crippen LogP contribution is 2.31. The Kier molecular flexibility index (Phi) is 4.19. The molecule has 3 N–H and O–H groups in total. The van der Waals surface area contributed by atoms with Gasteiger partial charge in [0.05, 0.1) is 0 Å². The van der Waals surface area contributed by atoms with E-state index < -0.39 is 10.0 Å². The van der Waals surface area contributed by atoms with E-state index in [0.29, 0.717) is 12.2 Å². The van der Waals surface area contributed by atoms with Gasteiger partial charge in [-0.05, 0) is 32.3 Å². The van der Waals surface area contributed by atoms with E-state index in [9.17, 15) is 13.2 Å². The fourth-order valence-corrected chi connectivity index (χ4v) is 2.64. The standard InChI is InChI=1S/C13H21N3O3S/c1-9(2)16-8-11(20(14,18)19)7-12(16)13(17)15-6-5-10-3-4-10/h7-10H,3-6H2,1-2H3,(H,15,17)(H2,14,18,19). The van der Waals surface area contributed by atoms with Gasteiger partial charge in [-0.3, -0.25) is 4.79 Å². The van der Waals surface area contributed by atoms with Gasteiger partial charge >= 0.3 is 0 Å². The lowest BCUT2D eigenvalue weighted by Crippen LogP contribution is -2.27. The lowest BCUT2D eigenvalue weighted by Gasteiger charge is -2.12. The molecule has 7 heteroatoms. The molecule has 1 aliphatic rings. The lowest BCUT2D eigenvalue weighted by atomic mass is 10.3. The smallest absolute Gasteiger partial charge is 0.267 e. The van der Waals surface area contributed by atoms with E-state index >= 15 is 0 Å². The molecule has 6 nitrogen and oxygen atoms in total. The fraction of sp³-hybridized carbons (Fsp3) is 0.615. The van der Waals surface area contributed by atoms with Gasteiger partial charge in [0.15, 0.2) is 0 Å². The number of carbonyl (C=O) groups excluding carboxylic acids is 1. The van der Waals surface area contributed by atoms with Gasteiger partial charge < -0.3 is 9.88 Å². The Labute approximate surface area is 119 Å². The third-order valence-corrected chi connectivity index (χ3v) is 4.36. The number of aromatic nitrogens is 1. The molecule has 0 radical (unpaired) electrons. The maximum Gasteiger partial charge on any atom is 0.267 e. The van der Waals surface area contributed by atoms with Crippen molar-refractivity contribution in [2.75, 3.05) is 6.54 Å². The summed E-state index contributed by atoms with van der Waals surface area (Å²) in [6.45, 7) is 4.39. The van der Waals surface area contributed by atoms with Crippen LogP contribution in [0.5, 0.6) is 0 Å². The predicted molar refractivity (Wildman–Crippen MR) is 75.9 cm³/mol. The van der Waals surface area contributed by atoms with Gasteiger partial charge in [-0.25, -0.2) is 13.6 Å². The molecular weight excluding hydrogens is 278 g/mol. The summed E-state index contributed by atoms with van der Waals surface area (Å²) in [7, 11) is -3.80. The molecule has 1 aromatic heterocycles. The summed E-state index contributed by atoms with van der Waals surface area (Å²) in [4.78, 5) is 12.1. The van der Waals surface area contributed by atoms with E-state index in [0.717, 1.165) is 12.3 Å². The van der Waals surface area contributed by atoms with Crippen molar-refractivity contribution in [2.24, 2.45) is 11.1 Å². The largest absolute Gasteiger partial charge is 0.351 e. The Morgan fingerprint density at radius 1 is 1.50 bits per heavy atom. The molecule has 0 aromatic carbocycles. The first-order valence-electron chi connectivity index (χ1n) is 6.82. The number of nitrogens with zero attached hydrogens (tertiary/aromatic N) is 1. The highest BCUT2D eigenvalue weighted by molar-refractivity contribution is 7.89. The molecule has 0 atom stereocenters. The van der Waals surface area contributed by atoms with Crippen molar-refractivity contribution in [1.82, 2.24) is 9.88 Å². The van der Waals surface area contributed by atoms with Gasteiger partial charge in [0.1, 0.15) is 10.6 Å². The van der Waals surface area contributed by atoms with Crippen LogP contribution in [0, 0.1) is 5.92 Å². The van der Waals surface area contributed by atoms with E-state index in [1.165, 1.54) is 25.1 Å². The molecule has 0 aliphatic heterocycles. The molecule has 1 amide bonds. The van der Waals surface area contributed by atoms with Crippen LogP contribution in [-0.4, -0.2) is 25.4 Å². The minimum absolute atomic E-state index is 0.0188.